The van der Waals surface area contributed by atoms with Crippen LogP contribution in [0.2, 0.25) is 0 Å². The second-order valence-corrected chi connectivity index (χ2v) is 4.53. The number of nitrogens with one attached hydrogen (secondary N) is 1. The molecule has 0 aliphatic carbocycles. The molecule has 1 N–H and O–H groups in total. The van der Waals surface area contributed by atoms with E-state index in [-0.39, 0.29) is 6.03 Å². The first kappa shape index (κ1) is 12.5. The smallest absolute Gasteiger partial charge is 0.328 e. The van der Waals surface area contributed by atoms with Crippen LogP contribution in [0.4, 0.5) is 4.79 Å². The van der Waals surface area contributed by atoms with Gasteiger partial charge >= 0.3 is 6.03 Å². The van der Waals surface area contributed by atoms with Crippen molar-refractivity contribution in [2.45, 2.75) is 19.8 Å². The van der Waals surface area contributed by atoms with E-state index in [1.165, 1.54) is 4.57 Å². The molecule has 0 saturated carbocycles. The maximum atomic E-state index is 12.1. The molecule has 102 valence electrons. The number of para-hydroxylation sites is 2. The summed E-state index contributed by atoms with van der Waals surface area (Å²) < 4.78 is 1.51. The number of amides is 1. The highest BCUT2D eigenvalue weighted by Crippen LogP contribution is 2.18. The lowest BCUT2D eigenvalue weighted by atomic mass is 10.3. The van der Waals surface area contributed by atoms with Gasteiger partial charge in [-0.15, -0.1) is 0 Å². The van der Waals surface area contributed by atoms with E-state index in [2.05, 4.69) is 20.3 Å². The van der Waals surface area contributed by atoms with Crippen molar-refractivity contribution in [2.75, 3.05) is 7.05 Å². The van der Waals surface area contributed by atoms with Crippen LogP contribution in [-0.4, -0.2) is 32.6 Å². The number of rotatable bonds is 2. The highest BCUT2D eigenvalue weighted by atomic mass is 16.2. The Kier molecular flexibility index (Phi) is 3.06. The van der Waals surface area contributed by atoms with Gasteiger partial charge in [0.25, 0.3) is 0 Å². The van der Waals surface area contributed by atoms with Crippen molar-refractivity contribution in [1.29, 1.82) is 0 Å². The topological polar surface area (TPSA) is 72.7 Å². The van der Waals surface area contributed by atoms with E-state index >= 15 is 0 Å². The van der Waals surface area contributed by atoms with Gasteiger partial charge in [-0.25, -0.2) is 24.3 Å². The fraction of sp³-hybridized carbons (Fsp3) is 0.286. The molecule has 0 atom stereocenters. The number of hydrogen-bond acceptors (Lipinski definition) is 4. The van der Waals surface area contributed by atoms with Crippen LogP contribution in [0.15, 0.2) is 24.3 Å². The summed E-state index contributed by atoms with van der Waals surface area (Å²) in [4.78, 5) is 25.5. The van der Waals surface area contributed by atoms with Gasteiger partial charge in [-0.1, -0.05) is 19.1 Å². The second kappa shape index (κ2) is 4.88. The minimum Gasteiger partial charge on any atom is -0.340 e. The first-order chi connectivity index (χ1) is 9.74. The van der Waals surface area contributed by atoms with Crippen molar-refractivity contribution in [3.63, 3.8) is 0 Å². The maximum Gasteiger partial charge on any atom is 0.328 e. The van der Waals surface area contributed by atoms with Crippen molar-refractivity contribution in [2.24, 2.45) is 0 Å². The molecule has 6 nitrogen and oxygen atoms in total. The van der Waals surface area contributed by atoms with Gasteiger partial charge in [-0.3, -0.25) is 0 Å². The minimum atomic E-state index is -0.236. The monoisotopic (exact) mass is 269 g/mol. The van der Waals surface area contributed by atoms with Crippen molar-refractivity contribution in [1.82, 2.24) is 24.8 Å². The lowest BCUT2D eigenvalue weighted by Gasteiger charge is -2.05. The molecule has 1 aromatic carbocycles. The number of benzene rings is 1. The molecular formula is C14H15N5O. The Balaban J connectivity index is 2.33. The average Bonchev–Trinajstić information content (AvgIpc) is 2.81. The standard InChI is InChI=1S/C14H15N5O/c1-3-6-11-18-12-13(19(11)14(20)15-2)17-10-8-5-4-7-9(10)16-12/h4-5,7-8H,3,6H2,1-2H3,(H,15,20). The highest BCUT2D eigenvalue weighted by molar-refractivity contribution is 5.90. The third-order valence-corrected chi connectivity index (χ3v) is 3.13. The zero-order chi connectivity index (χ0) is 14.1. The quantitative estimate of drug-likeness (QED) is 0.773. The van der Waals surface area contributed by atoms with Crippen LogP contribution < -0.4 is 5.32 Å². The molecule has 1 amide bonds. The average molecular weight is 269 g/mol. The molecular weight excluding hydrogens is 254 g/mol. The third kappa shape index (κ3) is 1.89. The Bertz CT molecular complexity index is 793. The summed E-state index contributed by atoms with van der Waals surface area (Å²) in [6.07, 6.45) is 1.61. The Morgan fingerprint density at radius 3 is 2.55 bits per heavy atom. The Morgan fingerprint density at radius 1 is 1.20 bits per heavy atom. The number of hydrogen-bond donors (Lipinski definition) is 1. The van der Waals surface area contributed by atoms with Crippen LogP contribution in [0.1, 0.15) is 19.2 Å². The molecule has 2 aromatic heterocycles. The summed E-state index contributed by atoms with van der Waals surface area (Å²) in [5.41, 5.74) is 2.56. The lowest BCUT2D eigenvalue weighted by molar-refractivity contribution is 0.244. The first-order valence-corrected chi connectivity index (χ1v) is 6.60. The number of fused-ring (bicyclic) bond motifs is 2. The second-order valence-electron chi connectivity index (χ2n) is 4.53. The largest absolute Gasteiger partial charge is 0.340 e. The van der Waals surface area contributed by atoms with Gasteiger partial charge in [0.1, 0.15) is 5.82 Å². The molecule has 0 fully saturated rings. The molecule has 0 aliphatic heterocycles. The van der Waals surface area contributed by atoms with Crippen LogP contribution in [0.25, 0.3) is 22.3 Å². The minimum absolute atomic E-state index is 0.236. The van der Waals surface area contributed by atoms with Gasteiger partial charge in [0.05, 0.1) is 11.0 Å². The van der Waals surface area contributed by atoms with Crippen LogP contribution in [0.5, 0.6) is 0 Å². The van der Waals surface area contributed by atoms with E-state index in [0.29, 0.717) is 23.5 Å². The Labute approximate surface area is 115 Å². The molecule has 20 heavy (non-hydrogen) atoms. The lowest BCUT2D eigenvalue weighted by Crippen LogP contribution is -2.26. The predicted octanol–water partition coefficient (Wildman–Crippen LogP) is 2.12. The van der Waals surface area contributed by atoms with Crippen LogP contribution in [0.3, 0.4) is 0 Å². The number of nitrogens with zero attached hydrogens (tertiary/aromatic N) is 4. The number of imidazole rings is 1. The van der Waals surface area contributed by atoms with E-state index in [4.69, 9.17) is 0 Å². The number of aryl methyl sites for hydroxylation is 1. The molecule has 0 saturated heterocycles. The van der Waals surface area contributed by atoms with Gasteiger partial charge in [0.15, 0.2) is 11.3 Å². The number of carbonyl (C=O) groups is 1. The molecule has 3 aromatic rings. The molecule has 0 radical (unpaired) electrons. The summed E-state index contributed by atoms with van der Waals surface area (Å²) in [6, 6.07) is 7.34. The molecule has 3 rings (SSSR count). The molecule has 0 unspecified atom stereocenters. The zero-order valence-corrected chi connectivity index (χ0v) is 11.4. The van der Waals surface area contributed by atoms with Crippen LogP contribution in [-0.2, 0) is 6.42 Å². The maximum absolute atomic E-state index is 12.1. The highest BCUT2D eigenvalue weighted by Gasteiger charge is 2.18. The fourth-order valence-corrected chi connectivity index (χ4v) is 2.22. The van der Waals surface area contributed by atoms with Crippen molar-refractivity contribution >= 4 is 28.4 Å². The first-order valence-electron chi connectivity index (χ1n) is 6.60. The third-order valence-electron chi connectivity index (χ3n) is 3.13. The Morgan fingerprint density at radius 2 is 1.90 bits per heavy atom. The van der Waals surface area contributed by atoms with Crippen molar-refractivity contribution in [3.8, 4) is 0 Å². The van der Waals surface area contributed by atoms with E-state index in [0.717, 1.165) is 17.5 Å². The van der Waals surface area contributed by atoms with Gasteiger partial charge in [0, 0.05) is 13.5 Å². The van der Waals surface area contributed by atoms with Crippen LogP contribution >= 0.6 is 0 Å². The van der Waals surface area contributed by atoms with Gasteiger partial charge in [-0.05, 0) is 18.6 Å². The Hall–Kier alpha value is -2.50. The number of carbonyl (C=O) groups excluding carboxylic acids is 1. The zero-order valence-electron chi connectivity index (χ0n) is 11.4. The summed E-state index contributed by atoms with van der Waals surface area (Å²) in [5, 5.41) is 2.62. The molecule has 0 aliphatic rings. The van der Waals surface area contributed by atoms with Gasteiger partial charge in [0.2, 0.25) is 0 Å². The van der Waals surface area contributed by atoms with Crippen molar-refractivity contribution in [3.05, 3.63) is 30.1 Å². The van der Waals surface area contributed by atoms with Gasteiger partial charge < -0.3 is 5.32 Å². The van der Waals surface area contributed by atoms with Gasteiger partial charge in [-0.2, -0.15) is 0 Å². The predicted molar refractivity (Wildman–Crippen MR) is 76.7 cm³/mol. The number of aromatic nitrogens is 4. The molecule has 0 bridgehead atoms. The summed E-state index contributed by atoms with van der Waals surface area (Å²) in [5.74, 6) is 0.692. The van der Waals surface area contributed by atoms with E-state index < -0.39 is 0 Å². The van der Waals surface area contributed by atoms with E-state index in [1.54, 1.807) is 7.05 Å². The van der Waals surface area contributed by atoms with E-state index in [1.807, 2.05) is 31.2 Å². The molecule has 6 heteroatoms. The molecule has 0 spiro atoms. The summed E-state index contributed by atoms with van der Waals surface area (Å²) in [6.45, 7) is 2.05. The van der Waals surface area contributed by atoms with Crippen LogP contribution in [0, 0.1) is 0 Å². The summed E-state index contributed by atoms with van der Waals surface area (Å²) in [7, 11) is 1.60. The van der Waals surface area contributed by atoms with Crippen molar-refractivity contribution < 1.29 is 4.79 Å². The SMILES string of the molecule is CCCc1nc2nc3ccccc3nc2n1C(=O)NC. The summed E-state index contributed by atoms with van der Waals surface area (Å²) >= 11 is 0. The normalized spacial score (nSPS) is 11.1. The molecule has 2 heterocycles. The van der Waals surface area contributed by atoms with E-state index in [9.17, 15) is 4.79 Å². The fourth-order valence-electron chi connectivity index (χ4n) is 2.22.